The van der Waals surface area contributed by atoms with Crippen LogP contribution in [0.4, 0.5) is 0 Å². The van der Waals surface area contributed by atoms with E-state index in [1.807, 2.05) is 0 Å². The van der Waals surface area contributed by atoms with Crippen molar-refractivity contribution < 1.29 is 0 Å². The van der Waals surface area contributed by atoms with E-state index in [0.29, 0.717) is 0 Å². The SMILES string of the molecule is c1ccc(-c2c3ccccc3c(-c3cccc4c(-c5ccc6ccc7ccccc7c6c5)cccc34)c3ccccc23)cc1. The molecule has 0 saturated heterocycles. The van der Waals surface area contributed by atoms with Gasteiger partial charge in [0.1, 0.15) is 0 Å². The predicted octanol–water partition coefficient (Wildman–Crippen LogP) is 12.5. The molecule has 0 heteroatoms. The molecular formula is C44H28. The van der Waals surface area contributed by atoms with Gasteiger partial charge in [-0.2, -0.15) is 0 Å². The van der Waals surface area contributed by atoms with Crippen molar-refractivity contribution in [2.45, 2.75) is 0 Å². The van der Waals surface area contributed by atoms with E-state index in [0.717, 1.165) is 0 Å². The molecule has 0 fully saturated rings. The highest BCUT2D eigenvalue weighted by molar-refractivity contribution is 6.24. The van der Waals surface area contributed by atoms with Gasteiger partial charge in [-0.3, -0.25) is 0 Å². The average Bonchev–Trinajstić information content (AvgIpc) is 3.10. The zero-order chi connectivity index (χ0) is 29.0. The zero-order valence-corrected chi connectivity index (χ0v) is 24.2. The first-order valence-corrected chi connectivity index (χ1v) is 15.3. The molecule has 0 aliphatic rings. The van der Waals surface area contributed by atoms with Crippen LogP contribution in [0.3, 0.4) is 0 Å². The van der Waals surface area contributed by atoms with Crippen molar-refractivity contribution in [3.8, 4) is 33.4 Å². The van der Waals surface area contributed by atoms with Crippen molar-refractivity contribution in [3.05, 3.63) is 170 Å². The summed E-state index contributed by atoms with van der Waals surface area (Å²) in [6.07, 6.45) is 0. The smallest absolute Gasteiger partial charge is 0.00201 e. The standard InChI is InChI=1S/C44H28/c1-2-13-31(14-3-1)43-38-16-6-8-18-40(38)44(41-19-9-7-17-39(41)43)37-23-11-21-35-34(20-10-22-36(35)37)32-27-26-30-25-24-29-12-4-5-15-33(29)42(30)28-32/h1-28H. The molecule has 9 aromatic rings. The Morgan fingerprint density at radius 1 is 0.227 bits per heavy atom. The minimum Gasteiger partial charge on any atom is -0.0622 e. The average molecular weight is 557 g/mol. The molecule has 9 aromatic carbocycles. The van der Waals surface area contributed by atoms with Crippen LogP contribution in [0.25, 0.3) is 87.2 Å². The van der Waals surface area contributed by atoms with Gasteiger partial charge < -0.3 is 0 Å². The van der Waals surface area contributed by atoms with E-state index in [-0.39, 0.29) is 0 Å². The molecule has 0 N–H and O–H groups in total. The molecule has 0 nitrogen and oxygen atoms in total. The number of fused-ring (bicyclic) bond motifs is 6. The maximum atomic E-state index is 2.37. The van der Waals surface area contributed by atoms with Gasteiger partial charge >= 0.3 is 0 Å². The summed E-state index contributed by atoms with van der Waals surface area (Å²) in [4.78, 5) is 0. The van der Waals surface area contributed by atoms with E-state index < -0.39 is 0 Å². The predicted molar refractivity (Wildman–Crippen MR) is 190 cm³/mol. The van der Waals surface area contributed by atoms with Crippen molar-refractivity contribution in [2.75, 3.05) is 0 Å². The summed E-state index contributed by atoms with van der Waals surface area (Å²) in [6, 6.07) is 62.3. The minimum atomic E-state index is 1.24. The van der Waals surface area contributed by atoms with E-state index in [1.165, 1.54) is 87.2 Å². The lowest BCUT2D eigenvalue weighted by Crippen LogP contribution is -1.92. The molecule has 0 aliphatic carbocycles. The Morgan fingerprint density at radius 3 is 1.39 bits per heavy atom. The van der Waals surface area contributed by atoms with E-state index in [4.69, 9.17) is 0 Å². The second kappa shape index (κ2) is 9.93. The molecule has 0 radical (unpaired) electrons. The molecule has 0 bridgehead atoms. The summed E-state index contributed by atoms with van der Waals surface area (Å²) in [5.74, 6) is 0. The van der Waals surface area contributed by atoms with Crippen LogP contribution in [0, 0.1) is 0 Å². The van der Waals surface area contributed by atoms with Gasteiger partial charge in [0.25, 0.3) is 0 Å². The highest BCUT2D eigenvalue weighted by atomic mass is 14.2. The first-order valence-electron chi connectivity index (χ1n) is 15.3. The van der Waals surface area contributed by atoms with Crippen molar-refractivity contribution in [2.24, 2.45) is 0 Å². The van der Waals surface area contributed by atoms with Gasteiger partial charge in [-0.1, -0.05) is 164 Å². The molecule has 0 heterocycles. The van der Waals surface area contributed by atoms with Crippen molar-refractivity contribution in [3.63, 3.8) is 0 Å². The van der Waals surface area contributed by atoms with Gasteiger partial charge in [0.05, 0.1) is 0 Å². The Labute approximate surface area is 256 Å². The van der Waals surface area contributed by atoms with Gasteiger partial charge in [0.15, 0.2) is 0 Å². The molecule has 0 unspecified atom stereocenters. The second-order valence-electron chi connectivity index (χ2n) is 11.6. The third kappa shape index (κ3) is 3.78. The van der Waals surface area contributed by atoms with E-state index in [2.05, 4.69) is 170 Å². The number of rotatable bonds is 3. The quantitative estimate of drug-likeness (QED) is 0.150. The third-order valence-electron chi connectivity index (χ3n) is 9.24. The van der Waals surface area contributed by atoms with Crippen molar-refractivity contribution in [1.82, 2.24) is 0 Å². The monoisotopic (exact) mass is 556 g/mol. The van der Waals surface area contributed by atoms with Crippen molar-refractivity contribution in [1.29, 1.82) is 0 Å². The van der Waals surface area contributed by atoms with Crippen LogP contribution in [0.15, 0.2) is 170 Å². The van der Waals surface area contributed by atoms with Gasteiger partial charge in [0, 0.05) is 0 Å². The van der Waals surface area contributed by atoms with E-state index in [9.17, 15) is 0 Å². The molecule has 0 atom stereocenters. The highest BCUT2D eigenvalue weighted by Gasteiger charge is 2.18. The zero-order valence-electron chi connectivity index (χ0n) is 24.2. The normalized spacial score (nSPS) is 11.6. The van der Waals surface area contributed by atoms with Gasteiger partial charge in [-0.05, 0) is 93.3 Å². The van der Waals surface area contributed by atoms with Gasteiger partial charge in [0.2, 0.25) is 0 Å². The summed E-state index contributed by atoms with van der Waals surface area (Å²) in [6.45, 7) is 0. The maximum absolute atomic E-state index is 2.37. The Hall–Kier alpha value is -5.72. The highest BCUT2D eigenvalue weighted by Crippen LogP contribution is 2.46. The topological polar surface area (TPSA) is 0 Å². The minimum absolute atomic E-state index is 1.24. The van der Waals surface area contributed by atoms with Gasteiger partial charge in [-0.15, -0.1) is 0 Å². The fourth-order valence-corrected chi connectivity index (χ4v) is 7.28. The van der Waals surface area contributed by atoms with Crippen LogP contribution in [0.1, 0.15) is 0 Å². The fourth-order valence-electron chi connectivity index (χ4n) is 7.28. The molecule has 0 spiro atoms. The van der Waals surface area contributed by atoms with Crippen LogP contribution in [0.5, 0.6) is 0 Å². The summed E-state index contributed by atoms with van der Waals surface area (Å²) >= 11 is 0. The number of hydrogen-bond donors (Lipinski definition) is 0. The molecule has 9 rings (SSSR count). The molecule has 0 saturated carbocycles. The molecular weight excluding hydrogens is 528 g/mol. The van der Waals surface area contributed by atoms with Crippen LogP contribution < -0.4 is 0 Å². The van der Waals surface area contributed by atoms with Crippen LogP contribution >= 0.6 is 0 Å². The van der Waals surface area contributed by atoms with Crippen LogP contribution in [0.2, 0.25) is 0 Å². The number of benzene rings is 9. The summed E-state index contributed by atoms with van der Waals surface area (Å²) < 4.78 is 0. The number of hydrogen-bond acceptors (Lipinski definition) is 0. The third-order valence-corrected chi connectivity index (χ3v) is 9.24. The summed E-state index contributed by atoms with van der Waals surface area (Å²) in [5, 5.41) is 12.8. The first-order chi connectivity index (χ1) is 21.8. The van der Waals surface area contributed by atoms with Gasteiger partial charge in [-0.25, -0.2) is 0 Å². The molecule has 0 aromatic heterocycles. The Morgan fingerprint density at radius 2 is 0.705 bits per heavy atom. The second-order valence-corrected chi connectivity index (χ2v) is 11.6. The fraction of sp³-hybridized carbons (Fsp3) is 0. The first kappa shape index (κ1) is 24.8. The Kier molecular flexibility index (Phi) is 5.61. The Balaban J connectivity index is 1.34. The van der Waals surface area contributed by atoms with Crippen molar-refractivity contribution >= 4 is 53.9 Å². The van der Waals surface area contributed by atoms with Crippen LogP contribution in [-0.4, -0.2) is 0 Å². The maximum Gasteiger partial charge on any atom is -0.00201 e. The lowest BCUT2D eigenvalue weighted by molar-refractivity contribution is 1.66. The summed E-state index contributed by atoms with van der Waals surface area (Å²) in [5.41, 5.74) is 7.60. The molecule has 0 aliphatic heterocycles. The lowest BCUT2D eigenvalue weighted by Gasteiger charge is -2.19. The van der Waals surface area contributed by atoms with Crippen LogP contribution in [-0.2, 0) is 0 Å². The van der Waals surface area contributed by atoms with E-state index in [1.54, 1.807) is 0 Å². The largest absolute Gasteiger partial charge is 0.0622 e. The lowest BCUT2D eigenvalue weighted by atomic mass is 9.84. The Bertz CT molecular complexity index is 2480. The molecule has 0 amide bonds. The summed E-state index contributed by atoms with van der Waals surface area (Å²) in [7, 11) is 0. The van der Waals surface area contributed by atoms with E-state index >= 15 is 0 Å². The molecule has 204 valence electrons. The molecule has 44 heavy (non-hydrogen) atoms.